The number of aliphatic hydroxyl groups is 3. The third-order valence-electron chi connectivity index (χ3n) is 12.2. The lowest BCUT2D eigenvalue weighted by atomic mass is 9.71. The topological polar surface area (TPSA) is 320 Å². The predicted molar refractivity (Wildman–Crippen MR) is 212 cm³/mol. The zero-order valence-electron chi connectivity index (χ0n) is 32.1. The lowest BCUT2D eigenvalue weighted by molar-refractivity contribution is -0.219. The second kappa shape index (κ2) is 13.6. The minimum Gasteiger partial charge on any atom is -0.508 e. The number of aromatic hydroxyl groups is 11. The number of ether oxygens (including phenoxy) is 4. The van der Waals surface area contributed by atoms with E-state index in [4.69, 9.17) is 18.9 Å². The smallest absolute Gasteiger partial charge is 0.305 e. The van der Waals surface area contributed by atoms with Crippen LogP contribution < -0.4 is 18.9 Å². The van der Waals surface area contributed by atoms with Crippen LogP contribution in [0.4, 0.5) is 0 Å². The van der Waals surface area contributed by atoms with Crippen LogP contribution in [0, 0.1) is 0 Å². The summed E-state index contributed by atoms with van der Waals surface area (Å²) in [7, 11) is 0. The van der Waals surface area contributed by atoms with E-state index in [1.165, 1.54) is 30.3 Å². The van der Waals surface area contributed by atoms with Gasteiger partial charge in [0.2, 0.25) is 0 Å². The van der Waals surface area contributed by atoms with Crippen LogP contribution in [0.5, 0.6) is 86.2 Å². The molecule has 14 N–H and O–H groups in total. The van der Waals surface area contributed by atoms with Crippen LogP contribution in [-0.2, 0) is 12.2 Å². The Balaban J connectivity index is 1.25. The van der Waals surface area contributed by atoms with Gasteiger partial charge in [-0.05, 0) is 53.6 Å². The van der Waals surface area contributed by atoms with E-state index in [1.54, 1.807) is 0 Å². The molecule has 6 aromatic rings. The number of fused-ring (bicyclic) bond motifs is 9. The number of hydrogen-bond donors (Lipinski definition) is 14. The molecule has 4 aliphatic rings. The Kier molecular flexibility index (Phi) is 8.49. The highest BCUT2D eigenvalue weighted by Crippen LogP contribution is 2.65. The second-order valence-corrected chi connectivity index (χ2v) is 15.9. The lowest BCUT2D eigenvalue weighted by Crippen LogP contribution is -2.58. The predicted octanol–water partition coefficient (Wildman–Crippen LogP) is 4.24. The quantitative estimate of drug-likeness (QED) is 0.110. The van der Waals surface area contributed by atoms with Crippen LogP contribution in [0.3, 0.4) is 0 Å². The number of rotatable bonds is 4. The zero-order chi connectivity index (χ0) is 44.5. The maximum atomic E-state index is 12.7. The van der Waals surface area contributed by atoms with E-state index >= 15 is 0 Å². The van der Waals surface area contributed by atoms with Crippen LogP contribution in [0.1, 0.15) is 68.6 Å². The number of benzene rings is 6. The molecule has 0 spiro atoms. The summed E-state index contributed by atoms with van der Waals surface area (Å²) in [6, 6.07) is 14.8. The van der Waals surface area contributed by atoms with Crippen LogP contribution in [0.25, 0.3) is 0 Å². The third-order valence-corrected chi connectivity index (χ3v) is 12.2. The van der Waals surface area contributed by atoms with Gasteiger partial charge in [-0.25, -0.2) is 0 Å². The zero-order valence-corrected chi connectivity index (χ0v) is 32.1. The monoisotopic (exact) mass is 864 g/mol. The van der Waals surface area contributed by atoms with Gasteiger partial charge in [0.25, 0.3) is 0 Å². The Morgan fingerprint density at radius 2 is 1.03 bits per heavy atom. The van der Waals surface area contributed by atoms with Crippen LogP contribution in [0.2, 0.25) is 0 Å². The van der Waals surface area contributed by atoms with Crippen molar-refractivity contribution in [3.8, 4) is 86.2 Å². The molecule has 8 atom stereocenters. The summed E-state index contributed by atoms with van der Waals surface area (Å²) in [5.41, 5.74) is -0.635. The van der Waals surface area contributed by atoms with E-state index in [-0.39, 0.29) is 68.2 Å². The van der Waals surface area contributed by atoms with Crippen molar-refractivity contribution in [3.05, 3.63) is 123 Å². The van der Waals surface area contributed by atoms with Crippen LogP contribution in [0.15, 0.2) is 78.9 Å². The van der Waals surface area contributed by atoms with Crippen LogP contribution in [-0.4, -0.2) is 89.8 Å². The first-order valence-corrected chi connectivity index (χ1v) is 19.3. The highest BCUT2D eigenvalue weighted by molar-refractivity contribution is 5.72. The van der Waals surface area contributed by atoms with Gasteiger partial charge in [-0.3, -0.25) is 0 Å². The van der Waals surface area contributed by atoms with Crippen LogP contribution >= 0.6 is 0 Å². The molecular formula is C45H36O18. The first-order valence-electron chi connectivity index (χ1n) is 19.3. The maximum absolute atomic E-state index is 12.7. The molecule has 18 heteroatoms. The summed E-state index contributed by atoms with van der Waals surface area (Å²) in [4.78, 5) is 0. The number of phenols is 11. The third kappa shape index (κ3) is 5.68. The second-order valence-electron chi connectivity index (χ2n) is 15.9. The van der Waals surface area contributed by atoms with Crippen molar-refractivity contribution in [3.63, 3.8) is 0 Å². The van der Waals surface area contributed by atoms with Gasteiger partial charge in [0.1, 0.15) is 70.1 Å². The highest BCUT2D eigenvalue weighted by Gasteiger charge is 2.61. The van der Waals surface area contributed by atoms with E-state index < -0.39 is 117 Å². The summed E-state index contributed by atoms with van der Waals surface area (Å²) in [5.74, 6) is -12.9. The fourth-order valence-corrected chi connectivity index (χ4v) is 9.32. The van der Waals surface area contributed by atoms with E-state index in [1.807, 2.05) is 0 Å². The molecule has 1 unspecified atom stereocenters. The van der Waals surface area contributed by atoms with Gasteiger partial charge in [0.15, 0.2) is 40.6 Å². The molecule has 2 bridgehead atoms. The van der Waals surface area contributed by atoms with Gasteiger partial charge in [0, 0.05) is 64.1 Å². The molecule has 0 saturated heterocycles. The van der Waals surface area contributed by atoms with Gasteiger partial charge < -0.3 is 90.4 Å². The Morgan fingerprint density at radius 3 is 1.67 bits per heavy atom. The molecule has 63 heavy (non-hydrogen) atoms. The van der Waals surface area contributed by atoms with Crippen molar-refractivity contribution in [2.75, 3.05) is 0 Å². The van der Waals surface area contributed by atoms with Crippen molar-refractivity contribution in [2.24, 2.45) is 0 Å². The summed E-state index contributed by atoms with van der Waals surface area (Å²) < 4.78 is 25.7. The minimum absolute atomic E-state index is 0.0246. The van der Waals surface area contributed by atoms with Crippen molar-refractivity contribution in [1.82, 2.24) is 0 Å². The average molecular weight is 865 g/mol. The Bertz CT molecular complexity index is 2910. The molecule has 0 aliphatic carbocycles. The van der Waals surface area contributed by atoms with Gasteiger partial charge in [0.05, 0.1) is 17.9 Å². The highest BCUT2D eigenvalue weighted by atomic mass is 16.7. The summed E-state index contributed by atoms with van der Waals surface area (Å²) in [6.45, 7) is 0. The average Bonchev–Trinajstić information content (AvgIpc) is 3.22. The Labute approximate surface area is 354 Å². The molecule has 324 valence electrons. The largest absolute Gasteiger partial charge is 0.508 e. The molecule has 10 rings (SSSR count). The number of phenolic OH excluding ortho intramolecular Hbond substituents is 11. The number of aliphatic hydroxyl groups excluding tert-OH is 3. The molecule has 0 amide bonds. The van der Waals surface area contributed by atoms with Crippen molar-refractivity contribution in [2.45, 2.75) is 54.6 Å². The molecule has 0 fully saturated rings. The maximum Gasteiger partial charge on any atom is 0.305 e. The molecule has 4 aliphatic heterocycles. The fraction of sp³-hybridized carbons (Fsp3) is 0.200. The molecule has 6 aromatic carbocycles. The van der Waals surface area contributed by atoms with Gasteiger partial charge >= 0.3 is 5.79 Å². The lowest BCUT2D eigenvalue weighted by Gasteiger charge is -2.51. The first kappa shape index (κ1) is 39.3. The molecule has 18 nitrogen and oxygen atoms in total. The van der Waals surface area contributed by atoms with E-state index in [9.17, 15) is 71.5 Å². The fourth-order valence-electron chi connectivity index (χ4n) is 9.32. The first-order chi connectivity index (χ1) is 30.0. The molecule has 4 heterocycles. The van der Waals surface area contributed by atoms with Crippen molar-refractivity contribution < 1.29 is 90.4 Å². The summed E-state index contributed by atoms with van der Waals surface area (Å²) >= 11 is 0. The standard InChI is InChI=1S/C45H36O18/c46-18-10-27(54)33-31(11-18)60-41(16-2-5-21(48)25(52)8-16)39(58)37(33)34-28(55)13-29(56)35-38-36-32(62-45(44(38)59,63-43(34)35)17-3-6-22(49)26(53)9-17)14-23(50)19-12-30(57)40(61-42(19)36)15-1-4-20(47)24(51)7-15/h1-11,13-14,30,37-41,44,46-59H,12H2/t30-,37-,38?,39-,40-,41-,44-,45-/m1/s1. The van der Waals surface area contributed by atoms with Crippen molar-refractivity contribution >= 4 is 0 Å². The molecule has 0 radical (unpaired) electrons. The Hall–Kier alpha value is -7.80. The molecular weight excluding hydrogens is 828 g/mol. The van der Waals surface area contributed by atoms with Gasteiger partial charge in [-0.1, -0.05) is 12.1 Å². The van der Waals surface area contributed by atoms with Gasteiger partial charge in [-0.2, -0.15) is 0 Å². The van der Waals surface area contributed by atoms with E-state index in [0.29, 0.717) is 0 Å². The van der Waals surface area contributed by atoms with Crippen molar-refractivity contribution in [1.29, 1.82) is 0 Å². The number of hydrogen-bond acceptors (Lipinski definition) is 18. The summed E-state index contributed by atoms with van der Waals surface area (Å²) in [5, 5.41) is 156. The van der Waals surface area contributed by atoms with E-state index in [0.717, 1.165) is 48.5 Å². The van der Waals surface area contributed by atoms with Gasteiger partial charge in [-0.15, -0.1) is 0 Å². The normalized spacial score (nSPS) is 25.2. The SMILES string of the molecule is Oc1cc(O)c2c(c1)O[C@H](c1ccc(O)c(O)c1)[C@H](O)[C@H]2c1c(O)cc(O)c2c1O[C@@]1(c3ccc(O)c(O)c3)Oc3cc(O)c4c(c3C2[C@H]1O)O[C@H](c1ccc(O)c(O)c1)[C@H](O)C4. The van der Waals surface area contributed by atoms with E-state index in [2.05, 4.69) is 0 Å². The molecule has 0 aromatic heterocycles. The summed E-state index contributed by atoms with van der Waals surface area (Å²) in [6.07, 6.45) is -8.09. The minimum atomic E-state index is -2.50. The Morgan fingerprint density at radius 1 is 0.444 bits per heavy atom. The molecule has 0 saturated carbocycles.